The molecule has 0 amide bonds. The minimum Gasteiger partial charge on any atom is -0.491 e. The van der Waals surface area contributed by atoms with Gasteiger partial charge in [-0.05, 0) is 53.9 Å². The van der Waals surface area contributed by atoms with Gasteiger partial charge in [0, 0.05) is 18.1 Å². The second kappa shape index (κ2) is 7.21. The zero-order valence-electron chi connectivity index (χ0n) is 13.9. The number of aromatic nitrogens is 1. The van der Waals surface area contributed by atoms with Crippen LogP contribution in [0.3, 0.4) is 0 Å². The van der Waals surface area contributed by atoms with E-state index in [1.54, 1.807) is 0 Å². The number of benzene rings is 2. The zero-order valence-corrected chi connectivity index (χ0v) is 13.9. The largest absolute Gasteiger partial charge is 0.491 e. The van der Waals surface area contributed by atoms with Crippen LogP contribution in [0.2, 0.25) is 0 Å². The van der Waals surface area contributed by atoms with Crippen molar-refractivity contribution in [3.63, 3.8) is 0 Å². The van der Waals surface area contributed by atoms with Crippen LogP contribution in [-0.4, -0.2) is 16.4 Å². The van der Waals surface area contributed by atoms with Crippen LogP contribution in [0.15, 0.2) is 59.1 Å². The molecule has 1 atom stereocenters. The maximum absolute atomic E-state index is 9.24. The average Bonchev–Trinajstić information content (AvgIpc) is 3.02. The predicted molar refractivity (Wildman–Crippen MR) is 93.2 cm³/mol. The molecule has 0 radical (unpaired) electrons. The first-order chi connectivity index (χ1) is 11.6. The maximum Gasteiger partial charge on any atom is 0.252 e. The van der Waals surface area contributed by atoms with Crippen molar-refractivity contribution >= 4 is 0 Å². The summed E-state index contributed by atoms with van der Waals surface area (Å²) in [6.45, 7) is 4.23. The standard InChI is InChI=1S/C20H21NO3/c1-3-15-5-4-6-16(12-15)11-14(2)23-18-9-7-17(8-10-18)19-13-20(22)21-24-19/h4-10,12-14H,3,11H2,1-2H3,(H,21,22). The van der Waals surface area contributed by atoms with E-state index in [2.05, 4.69) is 43.3 Å². The third-order valence-electron chi connectivity index (χ3n) is 3.90. The number of hydrogen-bond acceptors (Lipinski definition) is 4. The first-order valence-corrected chi connectivity index (χ1v) is 8.14. The lowest BCUT2D eigenvalue weighted by Gasteiger charge is -2.15. The maximum atomic E-state index is 9.24. The molecule has 1 heterocycles. The van der Waals surface area contributed by atoms with Crippen molar-refractivity contribution in [2.24, 2.45) is 0 Å². The van der Waals surface area contributed by atoms with Crippen LogP contribution in [0.1, 0.15) is 25.0 Å². The Balaban J connectivity index is 1.62. The molecule has 0 saturated heterocycles. The van der Waals surface area contributed by atoms with Crippen LogP contribution in [0, 0.1) is 0 Å². The molecule has 24 heavy (non-hydrogen) atoms. The van der Waals surface area contributed by atoms with E-state index in [1.165, 1.54) is 17.2 Å². The van der Waals surface area contributed by atoms with Gasteiger partial charge in [-0.25, -0.2) is 0 Å². The zero-order chi connectivity index (χ0) is 16.9. The van der Waals surface area contributed by atoms with Gasteiger partial charge < -0.3 is 14.4 Å². The number of ether oxygens (including phenoxy) is 1. The summed E-state index contributed by atoms with van der Waals surface area (Å²) in [6, 6.07) is 17.7. The third kappa shape index (κ3) is 3.96. The summed E-state index contributed by atoms with van der Waals surface area (Å²) < 4.78 is 11.0. The smallest absolute Gasteiger partial charge is 0.252 e. The van der Waals surface area contributed by atoms with Gasteiger partial charge in [0.2, 0.25) is 0 Å². The fourth-order valence-corrected chi connectivity index (χ4v) is 2.68. The fraction of sp³-hybridized carbons (Fsp3) is 0.250. The van der Waals surface area contributed by atoms with Gasteiger partial charge in [0.05, 0.1) is 6.10 Å². The highest BCUT2D eigenvalue weighted by Gasteiger charge is 2.08. The van der Waals surface area contributed by atoms with Crippen LogP contribution < -0.4 is 4.74 Å². The van der Waals surface area contributed by atoms with E-state index in [-0.39, 0.29) is 12.0 Å². The highest BCUT2D eigenvalue weighted by molar-refractivity contribution is 5.58. The monoisotopic (exact) mass is 323 g/mol. The summed E-state index contributed by atoms with van der Waals surface area (Å²) in [7, 11) is 0. The predicted octanol–water partition coefficient (Wildman–Crippen LogP) is 4.62. The molecule has 1 N–H and O–H groups in total. The van der Waals surface area contributed by atoms with E-state index in [0.717, 1.165) is 24.2 Å². The van der Waals surface area contributed by atoms with Crippen molar-refractivity contribution in [2.75, 3.05) is 0 Å². The molecule has 0 aliphatic heterocycles. The minimum atomic E-state index is -0.117. The van der Waals surface area contributed by atoms with Gasteiger partial charge in [-0.3, -0.25) is 0 Å². The minimum absolute atomic E-state index is 0.0808. The molecule has 0 aliphatic carbocycles. The molecule has 1 aromatic heterocycles. The second-order valence-electron chi connectivity index (χ2n) is 5.88. The summed E-state index contributed by atoms with van der Waals surface area (Å²) in [5.41, 5.74) is 3.48. The molecule has 0 aliphatic rings. The molecule has 0 bridgehead atoms. The Hall–Kier alpha value is -2.75. The Morgan fingerprint density at radius 2 is 1.83 bits per heavy atom. The van der Waals surface area contributed by atoms with Crippen molar-refractivity contribution in [3.8, 4) is 23.0 Å². The molecular weight excluding hydrogens is 302 g/mol. The topological polar surface area (TPSA) is 55.5 Å². The number of aromatic hydroxyl groups is 1. The van der Waals surface area contributed by atoms with E-state index < -0.39 is 0 Å². The summed E-state index contributed by atoms with van der Waals surface area (Å²) in [5, 5.41) is 12.7. The molecule has 4 heteroatoms. The van der Waals surface area contributed by atoms with Gasteiger partial charge in [0.15, 0.2) is 5.76 Å². The molecule has 0 fully saturated rings. The molecular formula is C20H21NO3. The first kappa shape index (κ1) is 16.1. The summed E-state index contributed by atoms with van der Waals surface area (Å²) in [4.78, 5) is 0. The van der Waals surface area contributed by atoms with E-state index in [9.17, 15) is 5.11 Å². The molecule has 3 rings (SSSR count). The molecule has 0 saturated carbocycles. The van der Waals surface area contributed by atoms with Gasteiger partial charge >= 0.3 is 0 Å². The SMILES string of the molecule is CCc1cccc(CC(C)Oc2ccc(-c3cc(O)no3)cc2)c1. The lowest BCUT2D eigenvalue weighted by molar-refractivity contribution is 0.222. The van der Waals surface area contributed by atoms with Crippen molar-refractivity contribution in [1.29, 1.82) is 0 Å². The van der Waals surface area contributed by atoms with E-state index in [4.69, 9.17) is 9.26 Å². The van der Waals surface area contributed by atoms with Crippen LogP contribution in [-0.2, 0) is 12.8 Å². The highest BCUT2D eigenvalue weighted by Crippen LogP contribution is 2.25. The van der Waals surface area contributed by atoms with Crippen LogP contribution in [0.5, 0.6) is 11.6 Å². The lowest BCUT2D eigenvalue weighted by atomic mass is 10.0. The molecule has 2 aromatic carbocycles. The number of hydrogen-bond donors (Lipinski definition) is 1. The Kier molecular flexibility index (Phi) is 4.85. The number of rotatable bonds is 6. The Labute approximate surface area is 141 Å². The third-order valence-corrected chi connectivity index (χ3v) is 3.90. The van der Waals surface area contributed by atoms with Gasteiger partial charge in [0.25, 0.3) is 5.88 Å². The Morgan fingerprint density at radius 3 is 2.50 bits per heavy atom. The van der Waals surface area contributed by atoms with Gasteiger partial charge in [-0.1, -0.05) is 31.2 Å². The molecule has 3 aromatic rings. The average molecular weight is 323 g/mol. The summed E-state index contributed by atoms with van der Waals surface area (Å²) >= 11 is 0. The van der Waals surface area contributed by atoms with Crippen molar-refractivity contribution in [1.82, 2.24) is 5.16 Å². The quantitative estimate of drug-likeness (QED) is 0.719. The van der Waals surface area contributed by atoms with E-state index in [0.29, 0.717) is 5.76 Å². The highest BCUT2D eigenvalue weighted by atomic mass is 16.5. The van der Waals surface area contributed by atoms with E-state index in [1.807, 2.05) is 24.3 Å². The first-order valence-electron chi connectivity index (χ1n) is 8.14. The van der Waals surface area contributed by atoms with Crippen molar-refractivity contribution < 1.29 is 14.4 Å². The van der Waals surface area contributed by atoms with Crippen LogP contribution >= 0.6 is 0 Å². The number of nitrogens with zero attached hydrogens (tertiary/aromatic N) is 1. The normalized spacial score (nSPS) is 12.1. The van der Waals surface area contributed by atoms with E-state index >= 15 is 0 Å². The summed E-state index contributed by atoms with van der Waals surface area (Å²) in [5.74, 6) is 1.22. The second-order valence-corrected chi connectivity index (χ2v) is 5.88. The number of aryl methyl sites for hydroxylation is 1. The van der Waals surface area contributed by atoms with Gasteiger partial charge in [0.1, 0.15) is 5.75 Å². The summed E-state index contributed by atoms with van der Waals surface area (Å²) in [6.07, 6.45) is 1.99. The Bertz CT molecular complexity index is 793. The molecule has 0 spiro atoms. The van der Waals surface area contributed by atoms with Crippen molar-refractivity contribution in [3.05, 3.63) is 65.7 Å². The van der Waals surface area contributed by atoms with Crippen molar-refractivity contribution in [2.45, 2.75) is 32.8 Å². The lowest BCUT2D eigenvalue weighted by Crippen LogP contribution is -2.15. The Morgan fingerprint density at radius 1 is 1.08 bits per heavy atom. The van der Waals surface area contributed by atoms with Crippen LogP contribution in [0.4, 0.5) is 0 Å². The van der Waals surface area contributed by atoms with Crippen LogP contribution in [0.25, 0.3) is 11.3 Å². The van der Waals surface area contributed by atoms with Gasteiger partial charge in [-0.15, -0.1) is 0 Å². The van der Waals surface area contributed by atoms with Gasteiger partial charge in [-0.2, -0.15) is 0 Å². The fourth-order valence-electron chi connectivity index (χ4n) is 2.68. The molecule has 4 nitrogen and oxygen atoms in total. The molecule has 124 valence electrons. The molecule has 1 unspecified atom stereocenters.